The van der Waals surface area contributed by atoms with Crippen molar-refractivity contribution in [3.05, 3.63) is 60.8 Å². The van der Waals surface area contributed by atoms with E-state index in [4.69, 9.17) is 4.98 Å². The molecule has 0 fully saturated rings. The lowest BCUT2D eigenvalue weighted by Gasteiger charge is -1.95. The van der Waals surface area contributed by atoms with Gasteiger partial charge in [-0.15, -0.1) is 0 Å². The van der Waals surface area contributed by atoms with Crippen molar-refractivity contribution in [1.29, 1.82) is 0 Å². The standard InChI is InChI=1S/C17H11N3/c1-2-6-12-11(5-1)16-13(18-12)8-9-14-17(16)19-15-7-3-4-10-20(14)15/h1-10,18H. The van der Waals surface area contributed by atoms with Crippen LogP contribution < -0.4 is 0 Å². The molecule has 5 rings (SSSR count). The monoisotopic (exact) mass is 257 g/mol. The number of benzene rings is 2. The first-order chi connectivity index (χ1) is 9.92. The molecule has 0 atom stereocenters. The Morgan fingerprint density at radius 3 is 2.75 bits per heavy atom. The fourth-order valence-corrected chi connectivity index (χ4v) is 3.06. The Bertz CT molecular complexity index is 1100. The normalized spacial score (nSPS) is 12.0. The molecule has 0 amide bonds. The summed E-state index contributed by atoms with van der Waals surface area (Å²) in [6.45, 7) is 0. The van der Waals surface area contributed by atoms with Crippen LogP contribution in [-0.4, -0.2) is 14.4 Å². The van der Waals surface area contributed by atoms with Crippen LogP contribution >= 0.6 is 0 Å². The van der Waals surface area contributed by atoms with Crippen molar-refractivity contribution < 1.29 is 0 Å². The van der Waals surface area contributed by atoms with E-state index in [-0.39, 0.29) is 0 Å². The van der Waals surface area contributed by atoms with Crippen LogP contribution in [0, 0.1) is 0 Å². The van der Waals surface area contributed by atoms with Crippen LogP contribution in [0.3, 0.4) is 0 Å². The number of nitrogens with one attached hydrogen (secondary N) is 1. The van der Waals surface area contributed by atoms with Gasteiger partial charge in [0, 0.05) is 28.0 Å². The molecule has 0 unspecified atom stereocenters. The molecular weight excluding hydrogens is 246 g/mol. The zero-order valence-electron chi connectivity index (χ0n) is 10.7. The average molecular weight is 257 g/mol. The summed E-state index contributed by atoms with van der Waals surface area (Å²) in [5, 5.41) is 2.44. The summed E-state index contributed by atoms with van der Waals surface area (Å²) in [5.41, 5.74) is 5.50. The van der Waals surface area contributed by atoms with Gasteiger partial charge in [-0.25, -0.2) is 4.98 Å². The maximum atomic E-state index is 4.81. The third kappa shape index (κ3) is 1.12. The van der Waals surface area contributed by atoms with Crippen LogP contribution in [0.2, 0.25) is 0 Å². The van der Waals surface area contributed by atoms with E-state index in [1.54, 1.807) is 0 Å². The van der Waals surface area contributed by atoms with E-state index in [0.29, 0.717) is 0 Å². The van der Waals surface area contributed by atoms with E-state index >= 15 is 0 Å². The summed E-state index contributed by atoms with van der Waals surface area (Å²) >= 11 is 0. The molecule has 0 aliphatic heterocycles. The van der Waals surface area contributed by atoms with Crippen molar-refractivity contribution >= 4 is 38.5 Å². The number of aromatic nitrogens is 3. The third-order valence-corrected chi connectivity index (χ3v) is 3.95. The Balaban J connectivity index is 2.14. The zero-order valence-corrected chi connectivity index (χ0v) is 10.7. The number of rotatable bonds is 0. The van der Waals surface area contributed by atoms with Gasteiger partial charge in [-0.3, -0.25) is 4.40 Å². The molecule has 2 aromatic carbocycles. The van der Waals surface area contributed by atoms with E-state index in [2.05, 4.69) is 52.0 Å². The minimum atomic E-state index is 0.986. The summed E-state index contributed by atoms with van der Waals surface area (Å²) in [5.74, 6) is 0. The maximum absolute atomic E-state index is 4.81. The van der Waals surface area contributed by atoms with E-state index in [9.17, 15) is 0 Å². The first kappa shape index (κ1) is 10.0. The summed E-state index contributed by atoms with van der Waals surface area (Å²) < 4.78 is 2.14. The van der Waals surface area contributed by atoms with Crippen molar-refractivity contribution in [3.63, 3.8) is 0 Å². The van der Waals surface area contributed by atoms with Crippen LogP contribution in [0.4, 0.5) is 0 Å². The average Bonchev–Trinajstić information content (AvgIpc) is 3.04. The second-order valence-electron chi connectivity index (χ2n) is 5.07. The number of pyridine rings is 1. The van der Waals surface area contributed by atoms with Gasteiger partial charge in [0.1, 0.15) is 5.65 Å². The first-order valence-electron chi connectivity index (χ1n) is 6.68. The van der Waals surface area contributed by atoms with Gasteiger partial charge in [0.15, 0.2) is 0 Å². The summed E-state index contributed by atoms with van der Waals surface area (Å²) in [6.07, 6.45) is 2.06. The predicted octanol–water partition coefficient (Wildman–Crippen LogP) is 4.12. The number of imidazole rings is 1. The highest BCUT2D eigenvalue weighted by Crippen LogP contribution is 2.31. The lowest BCUT2D eigenvalue weighted by molar-refractivity contribution is 1.23. The molecule has 0 saturated carbocycles. The number of H-pyrrole nitrogens is 1. The molecule has 1 N–H and O–H groups in total. The number of hydrogen-bond donors (Lipinski definition) is 1. The molecule has 3 aromatic heterocycles. The Morgan fingerprint density at radius 2 is 1.75 bits per heavy atom. The number of aromatic amines is 1. The van der Waals surface area contributed by atoms with Crippen molar-refractivity contribution in [1.82, 2.24) is 14.4 Å². The Labute approximate surface area is 114 Å². The second-order valence-corrected chi connectivity index (χ2v) is 5.07. The molecule has 0 radical (unpaired) electrons. The molecule has 0 aliphatic rings. The number of fused-ring (bicyclic) bond motifs is 7. The van der Waals surface area contributed by atoms with E-state index in [1.165, 1.54) is 10.8 Å². The van der Waals surface area contributed by atoms with Crippen molar-refractivity contribution in [2.75, 3.05) is 0 Å². The molecule has 3 heteroatoms. The zero-order chi connectivity index (χ0) is 13.1. The lowest BCUT2D eigenvalue weighted by Crippen LogP contribution is -1.81. The Hall–Kier alpha value is -2.81. The number of nitrogens with zero attached hydrogens (tertiary/aromatic N) is 2. The highest BCUT2D eigenvalue weighted by atomic mass is 15.0. The molecule has 0 aliphatic carbocycles. The van der Waals surface area contributed by atoms with Gasteiger partial charge >= 0.3 is 0 Å². The van der Waals surface area contributed by atoms with E-state index in [1.807, 2.05) is 18.2 Å². The highest BCUT2D eigenvalue weighted by molar-refractivity contribution is 6.18. The molecule has 3 nitrogen and oxygen atoms in total. The topological polar surface area (TPSA) is 33.1 Å². The fourth-order valence-electron chi connectivity index (χ4n) is 3.06. The maximum Gasteiger partial charge on any atom is 0.137 e. The van der Waals surface area contributed by atoms with Gasteiger partial charge in [0.05, 0.1) is 11.0 Å². The van der Waals surface area contributed by atoms with Crippen LogP contribution in [-0.2, 0) is 0 Å². The minimum absolute atomic E-state index is 0.986. The molecule has 0 saturated heterocycles. The third-order valence-electron chi connectivity index (χ3n) is 3.95. The Kier molecular flexibility index (Phi) is 1.70. The van der Waals surface area contributed by atoms with Gasteiger partial charge < -0.3 is 4.98 Å². The predicted molar refractivity (Wildman–Crippen MR) is 82.1 cm³/mol. The van der Waals surface area contributed by atoms with Crippen LogP contribution in [0.5, 0.6) is 0 Å². The van der Waals surface area contributed by atoms with Gasteiger partial charge in [-0.1, -0.05) is 24.3 Å². The summed E-state index contributed by atoms with van der Waals surface area (Å²) in [7, 11) is 0. The van der Waals surface area contributed by atoms with Crippen molar-refractivity contribution in [2.45, 2.75) is 0 Å². The van der Waals surface area contributed by atoms with Crippen molar-refractivity contribution in [2.24, 2.45) is 0 Å². The minimum Gasteiger partial charge on any atom is -0.354 e. The van der Waals surface area contributed by atoms with Crippen LogP contribution in [0.1, 0.15) is 0 Å². The van der Waals surface area contributed by atoms with E-state index < -0.39 is 0 Å². The fraction of sp³-hybridized carbons (Fsp3) is 0. The molecule has 5 aromatic rings. The molecule has 0 bridgehead atoms. The lowest BCUT2D eigenvalue weighted by atomic mass is 10.1. The van der Waals surface area contributed by atoms with Gasteiger partial charge in [-0.2, -0.15) is 0 Å². The SMILES string of the molecule is c1ccc2c(c1)[nH]c1ccc3c(nc4ccccn43)c12. The Morgan fingerprint density at radius 1 is 0.850 bits per heavy atom. The smallest absolute Gasteiger partial charge is 0.137 e. The van der Waals surface area contributed by atoms with Crippen molar-refractivity contribution in [3.8, 4) is 0 Å². The van der Waals surface area contributed by atoms with Gasteiger partial charge in [0.25, 0.3) is 0 Å². The van der Waals surface area contributed by atoms with Crippen LogP contribution in [0.15, 0.2) is 60.8 Å². The summed E-state index contributed by atoms with van der Waals surface area (Å²) in [6, 6.07) is 18.8. The highest BCUT2D eigenvalue weighted by Gasteiger charge is 2.11. The molecule has 3 heterocycles. The second kappa shape index (κ2) is 3.39. The molecular formula is C17H11N3. The number of para-hydroxylation sites is 1. The quantitative estimate of drug-likeness (QED) is 0.444. The number of hydrogen-bond acceptors (Lipinski definition) is 1. The first-order valence-corrected chi connectivity index (χ1v) is 6.68. The molecule has 0 spiro atoms. The van der Waals surface area contributed by atoms with E-state index in [0.717, 1.165) is 27.7 Å². The summed E-state index contributed by atoms with van der Waals surface area (Å²) in [4.78, 5) is 8.27. The van der Waals surface area contributed by atoms with Gasteiger partial charge in [-0.05, 0) is 30.3 Å². The molecule has 20 heavy (non-hydrogen) atoms. The van der Waals surface area contributed by atoms with Crippen LogP contribution in [0.25, 0.3) is 38.5 Å². The molecule has 94 valence electrons. The van der Waals surface area contributed by atoms with Gasteiger partial charge in [0.2, 0.25) is 0 Å². The largest absolute Gasteiger partial charge is 0.354 e.